The van der Waals surface area contributed by atoms with Gasteiger partial charge in [-0.25, -0.2) is 19.7 Å². The molecule has 3 aromatic rings. The zero-order valence-corrected chi connectivity index (χ0v) is 17.0. The maximum atomic E-state index is 12.5. The van der Waals surface area contributed by atoms with Gasteiger partial charge in [0.05, 0.1) is 25.1 Å². The molecule has 3 rings (SSSR count). The highest BCUT2D eigenvalue weighted by molar-refractivity contribution is 6.00. The minimum absolute atomic E-state index is 0.250. The Hall–Kier alpha value is -3.69. The molecule has 2 heterocycles. The molecular weight excluding hydrogens is 390 g/mol. The molecule has 1 amide bonds. The number of H-pyrrole nitrogens is 1. The fourth-order valence-electron chi connectivity index (χ4n) is 2.59. The summed E-state index contributed by atoms with van der Waals surface area (Å²) < 4.78 is 16.5. The summed E-state index contributed by atoms with van der Waals surface area (Å²) in [7, 11) is 0. The molecule has 0 fully saturated rings. The van der Waals surface area contributed by atoms with Gasteiger partial charge in [0.15, 0.2) is 29.1 Å². The monoisotopic (exact) mass is 413 g/mol. The van der Waals surface area contributed by atoms with Gasteiger partial charge >= 0.3 is 5.97 Å². The van der Waals surface area contributed by atoms with E-state index < -0.39 is 18.0 Å². The van der Waals surface area contributed by atoms with Crippen LogP contribution in [0, 0.1) is 0 Å². The van der Waals surface area contributed by atoms with Crippen LogP contribution in [-0.2, 0) is 9.53 Å². The first-order valence-corrected chi connectivity index (χ1v) is 9.59. The Balaban J connectivity index is 1.67. The smallest absolute Gasteiger partial charge is 0.339 e. The number of ether oxygens (including phenoxy) is 3. The van der Waals surface area contributed by atoms with Crippen LogP contribution in [0.4, 0.5) is 5.82 Å². The number of rotatable bonds is 9. The fourth-order valence-corrected chi connectivity index (χ4v) is 2.59. The number of hydrogen-bond donors (Lipinski definition) is 2. The molecule has 0 saturated carbocycles. The molecule has 2 aromatic heterocycles. The highest BCUT2D eigenvalue weighted by atomic mass is 16.5. The van der Waals surface area contributed by atoms with Crippen LogP contribution >= 0.6 is 0 Å². The molecule has 1 atom stereocenters. The van der Waals surface area contributed by atoms with E-state index in [4.69, 9.17) is 14.2 Å². The van der Waals surface area contributed by atoms with Crippen molar-refractivity contribution in [3.63, 3.8) is 0 Å². The molecular formula is C20H23N5O5. The molecule has 0 aliphatic heterocycles. The number of fused-ring (bicyclic) bond motifs is 1. The average molecular weight is 413 g/mol. The van der Waals surface area contributed by atoms with Gasteiger partial charge in [0.25, 0.3) is 5.91 Å². The summed E-state index contributed by atoms with van der Waals surface area (Å²) in [5.74, 6) is 0.0517. The van der Waals surface area contributed by atoms with E-state index in [1.807, 2.05) is 13.8 Å². The van der Waals surface area contributed by atoms with Gasteiger partial charge in [0.2, 0.25) is 0 Å². The lowest BCUT2D eigenvalue weighted by Gasteiger charge is -2.15. The topological polar surface area (TPSA) is 128 Å². The highest BCUT2D eigenvalue weighted by Gasteiger charge is 2.21. The third-order valence-electron chi connectivity index (χ3n) is 4.06. The lowest BCUT2D eigenvalue weighted by atomic mass is 10.2. The number of esters is 1. The third-order valence-corrected chi connectivity index (χ3v) is 4.06. The second-order valence-electron chi connectivity index (χ2n) is 6.30. The van der Waals surface area contributed by atoms with E-state index in [1.54, 1.807) is 18.2 Å². The number of carbonyl (C=O) groups is 2. The molecule has 0 bridgehead atoms. The number of nitrogens with zero attached hydrogens (tertiary/aromatic N) is 3. The number of hydrogen-bond acceptors (Lipinski definition) is 8. The normalized spacial score (nSPS) is 11.7. The summed E-state index contributed by atoms with van der Waals surface area (Å²) in [6.07, 6.45) is 2.52. The van der Waals surface area contributed by atoms with Gasteiger partial charge in [-0.05, 0) is 38.5 Å². The van der Waals surface area contributed by atoms with Crippen molar-refractivity contribution in [2.45, 2.75) is 33.3 Å². The van der Waals surface area contributed by atoms with E-state index in [9.17, 15) is 9.59 Å². The van der Waals surface area contributed by atoms with Crippen molar-refractivity contribution in [2.24, 2.45) is 0 Å². The van der Waals surface area contributed by atoms with Gasteiger partial charge in [0, 0.05) is 0 Å². The van der Waals surface area contributed by atoms with E-state index in [-0.39, 0.29) is 11.4 Å². The van der Waals surface area contributed by atoms with Crippen molar-refractivity contribution >= 4 is 28.9 Å². The minimum Gasteiger partial charge on any atom is -0.490 e. The van der Waals surface area contributed by atoms with Gasteiger partial charge in [-0.2, -0.15) is 0 Å². The zero-order chi connectivity index (χ0) is 21.5. The maximum absolute atomic E-state index is 12.5. The molecule has 10 nitrogen and oxygen atoms in total. The van der Waals surface area contributed by atoms with Gasteiger partial charge in [-0.15, -0.1) is 0 Å². The molecule has 0 aliphatic rings. The summed E-state index contributed by atoms with van der Waals surface area (Å²) in [6, 6.07) is 4.76. The Morgan fingerprint density at radius 1 is 1.13 bits per heavy atom. The van der Waals surface area contributed by atoms with Crippen LogP contribution in [-0.4, -0.2) is 51.1 Å². The Morgan fingerprint density at radius 3 is 2.73 bits per heavy atom. The Labute approximate surface area is 173 Å². The van der Waals surface area contributed by atoms with Gasteiger partial charge < -0.3 is 24.5 Å². The van der Waals surface area contributed by atoms with Gasteiger partial charge in [-0.3, -0.25) is 4.79 Å². The largest absolute Gasteiger partial charge is 0.490 e. The van der Waals surface area contributed by atoms with Crippen molar-refractivity contribution in [1.82, 2.24) is 19.9 Å². The number of aromatic amines is 1. The van der Waals surface area contributed by atoms with Crippen LogP contribution in [0.15, 0.2) is 30.9 Å². The van der Waals surface area contributed by atoms with E-state index >= 15 is 0 Å². The minimum atomic E-state index is -1.06. The lowest BCUT2D eigenvalue weighted by molar-refractivity contribution is -0.123. The number of imidazole rings is 1. The molecule has 10 heteroatoms. The van der Waals surface area contributed by atoms with E-state index in [1.165, 1.54) is 19.6 Å². The first-order valence-electron chi connectivity index (χ1n) is 9.59. The SMILES string of the molecule is CCCOc1ccc(C(=O)OC(C)C(=O)Nc2ncnc3nc[nH]c23)cc1OCC. The van der Waals surface area contributed by atoms with Gasteiger partial charge in [-0.1, -0.05) is 6.92 Å². The van der Waals surface area contributed by atoms with Crippen LogP contribution in [0.2, 0.25) is 0 Å². The number of benzene rings is 1. The number of aromatic nitrogens is 4. The number of nitrogens with one attached hydrogen (secondary N) is 2. The molecule has 0 saturated heterocycles. The summed E-state index contributed by atoms with van der Waals surface area (Å²) in [6.45, 7) is 6.26. The Bertz CT molecular complexity index is 1040. The molecule has 30 heavy (non-hydrogen) atoms. The lowest BCUT2D eigenvalue weighted by Crippen LogP contribution is -2.30. The van der Waals surface area contributed by atoms with E-state index in [0.717, 1.165) is 6.42 Å². The van der Waals surface area contributed by atoms with E-state index in [0.29, 0.717) is 35.9 Å². The highest BCUT2D eigenvalue weighted by Crippen LogP contribution is 2.29. The van der Waals surface area contributed by atoms with Crippen molar-refractivity contribution in [1.29, 1.82) is 0 Å². The Kier molecular flexibility index (Phi) is 6.79. The molecule has 158 valence electrons. The van der Waals surface area contributed by atoms with Crippen LogP contribution in [0.5, 0.6) is 11.5 Å². The van der Waals surface area contributed by atoms with Crippen LogP contribution < -0.4 is 14.8 Å². The first kappa shape index (κ1) is 21.0. The van der Waals surface area contributed by atoms with Crippen molar-refractivity contribution in [2.75, 3.05) is 18.5 Å². The molecule has 0 spiro atoms. The number of amides is 1. The third kappa shape index (κ3) is 4.83. The summed E-state index contributed by atoms with van der Waals surface area (Å²) in [4.78, 5) is 39.8. The molecule has 1 aromatic carbocycles. The summed E-state index contributed by atoms with van der Waals surface area (Å²) in [5.41, 5.74) is 1.15. The van der Waals surface area contributed by atoms with Gasteiger partial charge in [0.1, 0.15) is 11.8 Å². The second kappa shape index (κ2) is 9.68. The van der Waals surface area contributed by atoms with Crippen LogP contribution in [0.3, 0.4) is 0 Å². The quantitative estimate of drug-likeness (QED) is 0.513. The van der Waals surface area contributed by atoms with Crippen LogP contribution in [0.1, 0.15) is 37.6 Å². The fraction of sp³-hybridized carbons (Fsp3) is 0.350. The standard InChI is InChI=1S/C20H23N5O5/c1-4-8-29-14-7-6-13(9-15(14)28-5-2)20(27)30-12(3)19(26)25-18-16-17(22-10-21-16)23-11-24-18/h6-7,9-12H,4-5,8H2,1-3H3,(H2,21,22,23,24,25,26). The first-order chi connectivity index (χ1) is 14.5. The van der Waals surface area contributed by atoms with Crippen LogP contribution in [0.25, 0.3) is 11.2 Å². The molecule has 1 unspecified atom stereocenters. The molecule has 2 N–H and O–H groups in total. The van der Waals surface area contributed by atoms with E-state index in [2.05, 4.69) is 25.3 Å². The second-order valence-corrected chi connectivity index (χ2v) is 6.30. The maximum Gasteiger partial charge on any atom is 0.339 e. The van der Waals surface area contributed by atoms with Crippen molar-refractivity contribution in [3.8, 4) is 11.5 Å². The van der Waals surface area contributed by atoms with Crippen molar-refractivity contribution < 1.29 is 23.8 Å². The molecule has 0 radical (unpaired) electrons. The molecule has 0 aliphatic carbocycles. The summed E-state index contributed by atoms with van der Waals surface area (Å²) in [5, 5.41) is 2.61. The predicted molar refractivity (Wildman–Crippen MR) is 109 cm³/mol. The average Bonchev–Trinajstić information content (AvgIpc) is 3.22. The number of anilines is 1. The number of carbonyl (C=O) groups excluding carboxylic acids is 2. The predicted octanol–water partition coefficient (Wildman–Crippen LogP) is 2.72. The summed E-state index contributed by atoms with van der Waals surface area (Å²) >= 11 is 0. The zero-order valence-electron chi connectivity index (χ0n) is 17.0. The Morgan fingerprint density at radius 2 is 1.97 bits per heavy atom. The van der Waals surface area contributed by atoms with Crippen molar-refractivity contribution in [3.05, 3.63) is 36.4 Å².